The average molecular weight is 229 g/mol. The maximum absolute atomic E-state index is 11.5. The third kappa shape index (κ3) is 4.94. The summed E-state index contributed by atoms with van der Waals surface area (Å²) in [6.45, 7) is 2.05. The van der Waals surface area contributed by atoms with Gasteiger partial charge in [0.15, 0.2) is 0 Å². The van der Waals surface area contributed by atoms with Crippen molar-refractivity contribution in [3.8, 4) is 0 Å². The van der Waals surface area contributed by atoms with Crippen LogP contribution in [0.25, 0.3) is 0 Å². The topological polar surface area (TPSA) is 58.6 Å². The standard InChI is InChI=1S/C12H23NO3/c1-10(12(15)13-8-9-14)16-11-6-4-2-3-5-7-11/h10-11,14H,2-9H2,1H3,(H,13,15). The number of hydrogen-bond acceptors (Lipinski definition) is 3. The van der Waals surface area contributed by atoms with Crippen molar-refractivity contribution >= 4 is 5.91 Å². The summed E-state index contributed by atoms with van der Waals surface area (Å²) in [5.41, 5.74) is 0. The zero-order valence-electron chi connectivity index (χ0n) is 10.1. The van der Waals surface area contributed by atoms with E-state index in [2.05, 4.69) is 5.32 Å². The Labute approximate surface area is 97.4 Å². The van der Waals surface area contributed by atoms with Gasteiger partial charge in [-0.2, -0.15) is 0 Å². The van der Waals surface area contributed by atoms with Crippen LogP contribution in [0.4, 0.5) is 0 Å². The number of aliphatic hydroxyl groups excluding tert-OH is 1. The highest BCUT2D eigenvalue weighted by Crippen LogP contribution is 2.20. The Hall–Kier alpha value is -0.610. The quantitative estimate of drug-likeness (QED) is 0.697. The highest BCUT2D eigenvalue weighted by atomic mass is 16.5. The molecule has 1 aliphatic rings. The van der Waals surface area contributed by atoms with E-state index >= 15 is 0 Å². The predicted molar refractivity (Wildman–Crippen MR) is 62.1 cm³/mol. The summed E-state index contributed by atoms with van der Waals surface area (Å²) >= 11 is 0. The van der Waals surface area contributed by atoms with Gasteiger partial charge < -0.3 is 15.2 Å². The van der Waals surface area contributed by atoms with E-state index in [4.69, 9.17) is 9.84 Å². The second-order valence-electron chi connectivity index (χ2n) is 4.41. The Kier molecular flexibility index (Phi) is 6.42. The Bertz CT molecular complexity index is 200. The molecule has 1 amide bonds. The van der Waals surface area contributed by atoms with Crippen LogP contribution in [-0.2, 0) is 9.53 Å². The highest BCUT2D eigenvalue weighted by molar-refractivity contribution is 5.80. The molecular formula is C12H23NO3. The molecule has 4 nitrogen and oxygen atoms in total. The maximum Gasteiger partial charge on any atom is 0.248 e. The van der Waals surface area contributed by atoms with Crippen molar-refractivity contribution in [1.82, 2.24) is 5.32 Å². The van der Waals surface area contributed by atoms with Gasteiger partial charge in [-0.3, -0.25) is 4.79 Å². The second-order valence-corrected chi connectivity index (χ2v) is 4.41. The molecule has 2 N–H and O–H groups in total. The first-order valence-electron chi connectivity index (χ1n) is 6.28. The highest BCUT2D eigenvalue weighted by Gasteiger charge is 2.19. The summed E-state index contributed by atoms with van der Waals surface area (Å²) in [4.78, 5) is 11.5. The van der Waals surface area contributed by atoms with Gasteiger partial charge in [-0.15, -0.1) is 0 Å². The summed E-state index contributed by atoms with van der Waals surface area (Å²) in [5, 5.41) is 11.2. The van der Waals surface area contributed by atoms with Gasteiger partial charge >= 0.3 is 0 Å². The van der Waals surface area contributed by atoms with Crippen molar-refractivity contribution in [2.45, 2.75) is 57.7 Å². The fourth-order valence-corrected chi connectivity index (χ4v) is 2.05. The fourth-order valence-electron chi connectivity index (χ4n) is 2.05. The van der Waals surface area contributed by atoms with E-state index in [0.717, 1.165) is 12.8 Å². The molecule has 4 heteroatoms. The zero-order chi connectivity index (χ0) is 11.8. The third-order valence-corrected chi connectivity index (χ3v) is 2.98. The molecule has 0 radical (unpaired) electrons. The molecule has 16 heavy (non-hydrogen) atoms. The molecule has 94 valence electrons. The number of nitrogens with one attached hydrogen (secondary N) is 1. The molecule has 0 aromatic heterocycles. The minimum atomic E-state index is -0.408. The normalized spacial score (nSPS) is 20.1. The van der Waals surface area contributed by atoms with Gasteiger partial charge in [0.2, 0.25) is 5.91 Å². The van der Waals surface area contributed by atoms with E-state index in [1.165, 1.54) is 25.7 Å². The first-order chi connectivity index (χ1) is 7.74. The van der Waals surface area contributed by atoms with Crippen LogP contribution < -0.4 is 5.32 Å². The van der Waals surface area contributed by atoms with E-state index in [9.17, 15) is 4.79 Å². The van der Waals surface area contributed by atoms with Crippen molar-refractivity contribution in [3.05, 3.63) is 0 Å². The van der Waals surface area contributed by atoms with Crippen molar-refractivity contribution in [3.63, 3.8) is 0 Å². The molecule has 1 aliphatic carbocycles. The molecule has 1 unspecified atom stereocenters. The molecule has 1 fully saturated rings. The third-order valence-electron chi connectivity index (χ3n) is 2.98. The number of hydrogen-bond donors (Lipinski definition) is 2. The zero-order valence-corrected chi connectivity index (χ0v) is 10.1. The van der Waals surface area contributed by atoms with Gasteiger partial charge in [0.25, 0.3) is 0 Å². The van der Waals surface area contributed by atoms with E-state index in [-0.39, 0.29) is 18.6 Å². The summed E-state index contributed by atoms with van der Waals surface area (Å²) in [7, 11) is 0. The van der Waals surface area contributed by atoms with Gasteiger partial charge in [-0.1, -0.05) is 25.7 Å². The van der Waals surface area contributed by atoms with Crippen molar-refractivity contribution in [1.29, 1.82) is 0 Å². The van der Waals surface area contributed by atoms with Crippen LogP contribution in [0.2, 0.25) is 0 Å². The molecule has 0 bridgehead atoms. The molecule has 0 aromatic rings. The first-order valence-corrected chi connectivity index (χ1v) is 6.28. The van der Waals surface area contributed by atoms with Crippen molar-refractivity contribution in [2.75, 3.05) is 13.2 Å². The first kappa shape index (κ1) is 13.5. The number of carbonyl (C=O) groups is 1. The molecule has 1 atom stereocenters. The van der Waals surface area contributed by atoms with E-state index < -0.39 is 6.10 Å². The van der Waals surface area contributed by atoms with Gasteiger partial charge in [-0.05, 0) is 19.8 Å². The van der Waals surface area contributed by atoms with Crippen LogP contribution in [0.15, 0.2) is 0 Å². The summed E-state index contributed by atoms with van der Waals surface area (Å²) in [6.07, 6.45) is 6.93. The smallest absolute Gasteiger partial charge is 0.248 e. The Morgan fingerprint density at radius 3 is 2.56 bits per heavy atom. The van der Waals surface area contributed by atoms with Crippen LogP contribution in [0, 0.1) is 0 Å². The predicted octanol–water partition coefficient (Wildman–Crippen LogP) is 1.22. The molecule has 1 saturated carbocycles. The SMILES string of the molecule is CC(OC1CCCCCC1)C(=O)NCCO. The van der Waals surface area contributed by atoms with E-state index in [0.29, 0.717) is 6.54 Å². The Morgan fingerprint density at radius 1 is 1.38 bits per heavy atom. The lowest BCUT2D eigenvalue weighted by molar-refractivity contribution is -0.135. The minimum Gasteiger partial charge on any atom is -0.395 e. The molecule has 0 aromatic carbocycles. The molecule has 0 heterocycles. The van der Waals surface area contributed by atoms with Crippen LogP contribution in [0.3, 0.4) is 0 Å². The second kappa shape index (κ2) is 7.63. The Balaban J connectivity index is 2.25. The maximum atomic E-state index is 11.5. The monoisotopic (exact) mass is 229 g/mol. The van der Waals surface area contributed by atoms with Gasteiger partial charge in [-0.25, -0.2) is 0 Å². The van der Waals surface area contributed by atoms with Crippen molar-refractivity contribution in [2.24, 2.45) is 0 Å². The number of carbonyl (C=O) groups excluding carboxylic acids is 1. The number of ether oxygens (including phenoxy) is 1. The summed E-state index contributed by atoms with van der Waals surface area (Å²) < 4.78 is 5.74. The summed E-state index contributed by atoms with van der Waals surface area (Å²) in [5.74, 6) is -0.127. The van der Waals surface area contributed by atoms with Crippen molar-refractivity contribution < 1.29 is 14.6 Å². The number of aliphatic hydroxyl groups is 1. The van der Waals surface area contributed by atoms with Crippen LogP contribution >= 0.6 is 0 Å². The number of amides is 1. The minimum absolute atomic E-state index is 0.0259. The van der Waals surface area contributed by atoms with Crippen LogP contribution in [-0.4, -0.2) is 36.4 Å². The lowest BCUT2D eigenvalue weighted by Gasteiger charge is -2.20. The average Bonchev–Trinajstić information content (AvgIpc) is 2.54. The lowest BCUT2D eigenvalue weighted by atomic mass is 10.1. The molecule has 1 rings (SSSR count). The molecule has 0 saturated heterocycles. The van der Waals surface area contributed by atoms with Crippen LogP contribution in [0.1, 0.15) is 45.4 Å². The molecule has 0 aliphatic heterocycles. The number of rotatable bonds is 5. The van der Waals surface area contributed by atoms with E-state index in [1.54, 1.807) is 6.92 Å². The van der Waals surface area contributed by atoms with Crippen LogP contribution in [0.5, 0.6) is 0 Å². The van der Waals surface area contributed by atoms with E-state index in [1.807, 2.05) is 0 Å². The van der Waals surface area contributed by atoms with Gasteiger partial charge in [0.1, 0.15) is 6.10 Å². The summed E-state index contributed by atoms with van der Waals surface area (Å²) in [6, 6.07) is 0. The molecular weight excluding hydrogens is 206 g/mol. The van der Waals surface area contributed by atoms with Gasteiger partial charge in [0, 0.05) is 6.54 Å². The van der Waals surface area contributed by atoms with Gasteiger partial charge in [0.05, 0.1) is 12.7 Å². The largest absolute Gasteiger partial charge is 0.395 e. The molecule has 0 spiro atoms. The Morgan fingerprint density at radius 2 is 2.00 bits per heavy atom. The fraction of sp³-hybridized carbons (Fsp3) is 0.917. The lowest BCUT2D eigenvalue weighted by Crippen LogP contribution is -2.38.